The number of hydrogen-bond acceptors (Lipinski definition) is 2. The van der Waals surface area contributed by atoms with E-state index in [-0.39, 0.29) is 0 Å². The van der Waals surface area contributed by atoms with Gasteiger partial charge in [-0.3, -0.25) is 0 Å². The SMILES string of the molecule is COc1ccccc1N=C/C=C(\[Se])c1ccc(Br)cc1. The number of aliphatic imine (C=N–C) groups is 1. The Balaban J connectivity index is 2.15. The summed E-state index contributed by atoms with van der Waals surface area (Å²) >= 11 is 6.47. The van der Waals surface area contributed by atoms with Gasteiger partial charge in [0.15, 0.2) is 0 Å². The molecule has 2 nitrogen and oxygen atoms in total. The molecule has 0 unspecified atom stereocenters. The molecule has 0 aliphatic carbocycles. The van der Waals surface area contributed by atoms with E-state index in [1.807, 2.05) is 54.6 Å². The zero-order valence-electron chi connectivity index (χ0n) is 10.9. The Kier molecular flexibility index (Phi) is 5.59. The van der Waals surface area contributed by atoms with Gasteiger partial charge in [-0.15, -0.1) is 0 Å². The zero-order chi connectivity index (χ0) is 14.4. The van der Waals surface area contributed by atoms with Crippen molar-refractivity contribution in [2.75, 3.05) is 7.11 Å². The molecule has 0 saturated carbocycles. The van der Waals surface area contributed by atoms with E-state index in [2.05, 4.69) is 36.9 Å². The molecule has 0 bridgehead atoms. The van der Waals surface area contributed by atoms with Crippen molar-refractivity contribution in [2.45, 2.75) is 0 Å². The summed E-state index contributed by atoms with van der Waals surface area (Å²) in [5.41, 5.74) is 1.94. The quantitative estimate of drug-likeness (QED) is 0.558. The Morgan fingerprint density at radius 3 is 2.55 bits per heavy atom. The first kappa shape index (κ1) is 15.0. The second kappa shape index (κ2) is 7.44. The van der Waals surface area contributed by atoms with Gasteiger partial charge in [0.1, 0.15) is 0 Å². The number of benzene rings is 2. The summed E-state index contributed by atoms with van der Waals surface area (Å²) in [6.45, 7) is 0. The van der Waals surface area contributed by atoms with Crippen LogP contribution in [0.5, 0.6) is 5.75 Å². The third kappa shape index (κ3) is 4.07. The Hall–Kier alpha value is -1.35. The molecule has 2 aromatic rings. The molecule has 0 amide bonds. The van der Waals surface area contributed by atoms with Gasteiger partial charge in [0.25, 0.3) is 0 Å². The average Bonchev–Trinajstić information content (AvgIpc) is 2.48. The monoisotopic (exact) mass is 394 g/mol. The van der Waals surface area contributed by atoms with E-state index >= 15 is 0 Å². The third-order valence-corrected chi connectivity index (χ3v) is 3.96. The van der Waals surface area contributed by atoms with E-state index in [1.165, 1.54) is 0 Å². The second-order valence-corrected chi connectivity index (χ2v) is 5.83. The van der Waals surface area contributed by atoms with Crippen molar-refractivity contribution in [1.82, 2.24) is 0 Å². The Bertz CT molecular complexity index is 635. The number of hydrogen-bond donors (Lipinski definition) is 0. The van der Waals surface area contributed by atoms with Crippen molar-refractivity contribution in [1.29, 1.82) is 0 Å². The summed E-state index contributed by atoms with van der Waals surface area (Å²) < 4.78 is 7.36. The number of allylic oxidation sites excluding steroid dienone is 1. The molecule has 101 valence electrons. The van der Waals surface area contributed by atoms with Gasteiger partial charge >= 0.3 is 136 Å². The van der Waals surface area contributed by atoms with E-state index < -0.39 is 0 Å². The van der Waals surface area contributed by atoms with Crippen LogP contribution in [0.2, 0.25) is 0 Å². The first-order valence-corrected chi connectivity index (χ1v) is 7.66. The fourth-order valence-electron chi connectivity index (χ4n) is 1.63. The van der Waals surface area contributed by atoms with Crippen molar-refractivity contribution < 1.29 is 4.74 Å². The van der Waals surface area contributed by atoms with Gasteiger partial charge in [-0.05, 0) is 0 Å². The predicted octanol–water partition coefficient (Wildman–Crippen LogP) is 4.37. The first-order valence-electron chi connectivity index (χ1n) is 6.01. The minimum atomic E-state index is 0.766. The van der Waals surface area contributed by atoms with E-state index in [1.54, 1.807) is 13.3 Å². The molecule has 20 heavy (non-hydrogen) atoms. The van der Waals surface area contributed by atoms with Crippen molar-refractivity contribution in [2.24, 2.45) is 4.99 Å². The van der Waals surface area contributed by atoms with E-state index in [0.29, 0.717) is 0 Å². The minimum absolute atomic E-state index is 0.766. The number of para-hydroxylation sites is 2. The zero-order valence-corrected chi connectivity index (χ0v) is 14.2. The fraction of sp³-hybridized carbons (Fsp3) is 0.0625. The molecule has 1 radical (unpaired) electrons. The molecule has 0 aromatic heterocycles. The van der Waals surface area contributed by atoms with Crippen molar-refractivity contribution in [3.63, 3.8) is 0 Å². The van der Waals surface area contributed by atoms with Gasteiger partial charge in [0, 0.05) is 0 Å². The molecule has 0 atom stereocenters. The summed E-state index contributed by atoms with van der Waals surface area (Å²) in [4.78, 5) is 4.40. The molecular formula is C16H13BrNOSe. The Morgan fingerprint density at radius 1 is 1.15 bits per heavy atom. The van der Waals surface area contributed by atoms with E-state index in [0.717, 1.165) is 25.9 Å². The average molecular weight is 394 g/mol. The molecule has 0 fully saturated rings. The maximum atomic E-state index is 5.25. The van der Waals surface area contributed by atoms with Crippen LogP contribution < -0.4 is 4.74 Å². The number of ether oxygens (including phenoxy) is 1. The topological polar surface area (TPSA) is 21.6 Å². The van der Waals surface area contributed by atoms with Gasteiger partial charge < -0.3 is 0 Å². The fourth-order valence-corrected chi connectivity index (χ4v) is 2.31. The number of halogens is 1. The van der Waals surface area contributed by atoms with Crippen molar-refractivity contribution >= 4 is 48.3 Å². The van der Waals surface area contributed by atoms with Crippen LogP contribution in [0, 0.1) is 0 Å². The Morgan fingerprint density at radius 2 is 1.85 bits per heavy atom. The van der Waals surface area contributed by atoms with Gasteiger partial charge in [-0.1, -0.05) is 0 Å². The third-order valence-electron chi connectivity index (χ3n) is 2.65. The van der Waals surface area contributed by atoms with Crippen molar-refractivity contribution in [3.05, 3.63) is 64.6 Å². The molecule has 2 rings (SSSR count). The second-order valence-electron chi connectivity index (χ2n) is 3.99. The molecular weight excluding hydrogens is 381 g/mol. The van der Waals surface area contributed by atoms with Crippen LogP contribution in [-0.2, 0) is 0 Å². The van der Waals surface area contributed by atoms with Crippen LogP contribution in [0.4, 0.5) is 5.69 Å². The Labute approximate surface area is 135 Å². The molecule has 0 saturated heterocycles. The summed E-state index contributed by atoms with van der Waals surface area (Å²) in [5.74, 6) is 0.766. The maximum absolute atomic E-state index is 5.25. The van der Waals surface area contributed by atoms with Crippen LogP contribution in [0.25, 0.3) is 4.47 Å². The molecule has 0 N–H and O–H groups in total. The molecule has 0 aliphatic heterocycles. The molecule has 0 heterocycles. The van der Waals surface area contributed by atoms with Crippen LogP contribution in [-0.4, -0.2) is 29.3 Å². The van der Waals surface area contributed by atoms with Gasteiger partial charge in [-0.2, -0.15) is 0 Å². The molecule has 4 heteroatoms. The number of rotatable bonds is 4. The molecule has 0 aliphatic rings. The summed E-state index contributed by atoms with van der Waals surface area (Å²) in [6, 6.07) is 15.8. The number of methoxy groups -OCH3 is 1. The van der Waals surface area contributed by atoms with E-state index in [4.69, 9.17) is 4.74 Å². The van der Waals surface area contributed by atoms with Gasteiger partial charge in [0.05, 0.1) is 0 Å². The van der Waals surface area contributed by atoms with E-state index in [9.17, 15) is 0 Å². The van der Waals surface area contributed by atoms with Gasteiger partial charge in [0.2, 0.25) is 0 Å². The van der Waals surface area contributed by atoms with Crippen LogP contribution in [0.1, 0.15) is 5.56 Å². The van der Waals surface area contributed by atoms with Crippen molar-refractivity contribution in [3.8, 4) is 5.75 Å². The first-order chi connectivity index (χ1) is 9.70. The van der Waals surface area contributed by atoms with Gasteiger partial charge in [-0.25, -0.2) is 0 Å². The summed E-state index contributed by atoms with van der Waals surface area (Å²) in [7, 11) is 1.64. The molecule has 0 spiro atoms. The van der Waals surface area contributed by atoms with Crippen LogP contribution in [0.3, 0.4) is 0 Å². The predicted molar refractivity (Wildman–Crippen MR) is 89.0 cm³/mol. The standard InChI is InChI=1S/C16H13BrNOSe/c1-19-15-5-3-2-4-14(15)18-11-10-16(20)12-6-8-13(17)9-7-12/h2-11H,1H3/b16-10-,18-11?. The summed E-state index contributed by atoms with van der Waals surface area (Å²) in [6.07, 6.45) is 3.71. The summed E-state index contributed by atoms with van der Waals surface area (Å²) in [5, 5.41) is 0. The van der Waals surface area contributed by atoms with Crippen LogP contribution in [0.15, 0.2) is 64.1 Å². The normalized spacial score (nSPS) is 11.8. The number of nitrogens with zero attached hydrogens (tertiary/aromatic N) is 1. The molecule has 2 aromatic carbocycles. The van der Waals surface area contributed by atoms with Crippen LogP contribution >= 0.6 is 15.9 Å².